The van der Waals surface area contributed by atoms with Crippen molar-refractivity contribution >= 4 is 17.2 Å². The third-order valence-electron chi connectivity index (χ3n) is 4.38. The fraction of sp³-hybridized carbons (Fsp3) is 0.562. The van der Waals surface area contributed by atoms with E-state index in [4.69, 9.17) is 9.15 Å². The molecule has 0 N–H and O–H groups in total. The third-order valence-corrected chi connectivity index (χ3v) is 5.60. The molecule has 3 heterocycles. The van der Waals surface area contributed by atoms with Crippen LogP contribution in [0.5, 0.6) is 0 Å². The number of rotatable bonds is 2. The molecule has 0 saturated carbocycles. The first kappa shape index (κ1) is 14.8. The Morgan fingerprint density at radius 1 is 1.35 bits per heavy atom. The highest BCUT2D eigenvalue weighted by Gasteiger charge is 2.30. The van der Waals surface area contributed by atoms with Crippen LogP contribution in [-0.2, 0) is 17.6 Å². The van der Waals surface area contributed by atoms with Gasteiger partial charge in [-0.1, -0.05) is 0 Å². The fourth-order valence-corrected chi connectivity index (χ4v) is 4.40. The summed E-state index contributed by atoms with van der Waals surface area (Å²) in [7, 11) is 0. The van der Waals surface area contributed by atoms with Crippen molar-refractivity contribution in [2.75, 3.05) is 19.7 Å². The number of nitrogens with zero attached hydrogens (tertiary/aromatic N) is 3. The Labute approximate surface area is 138 Å². The SMILES string of the molecule is Cc1nnc([C@H]2CN(C(=O)c3cc4c(s3)CCCC4)CCO2)o1. The molecule has 1 aliphatic heterocycles. The van der Waals surface area contributed by atoms with Crippen molar-refractivity contribution in [2.45, 2.75) is 38.7 Å². The van der Waals surface area contributed by atoms with E-state index in [-0.39, 0.29) is 12.0 Å². The number of carbonyl (C=O) groups excluding carboxylic acids is 1. The fourth-order valence-electron chi connectivity index (χ4n) is 3.18. The summed E-state index contributed by atoms with van der Waals surface area (Å²) in [6, 6.07) is 2.09. The van der Waals surface area contributed by atoms with Crippen LogP contribution < -0.4 is 0 Å². The lowest BCUT2D eigenvalue weighted by atomic mass is 9.99. The number of carbonyl (C=O) groups is 1. The van der Waals surface area contributed by atoms with Crippen LogP contribution in [0.15, 0.2) is 10.5 Å². The second kappa shape index (κ2) is 6.05. The zero-order valence-electron chi connectivity index (χ0n) is 13.1. The van der Waals surface area contributed by atoms with Crippen LogP contribution in [0.1, 0.15) is 50.8 Å². The number of hydrogen-bond acceptors (Lipinski definition) is 6. The van der Waals surface area contributed by atoms with Gasteiger partial charge < -0.3 is 14.1 Å². The molecule has 1 fully saturated rings. The maximum atomic E-state index is 12.8. The van der Waals surface area contributed by atoms with Crippen LogP contribution in [-0.4, -0.2) is 40.7 Å². The molecular formula is C16H19N3O3S. The number of morpholine rings is 1. The van der Waals surface area contributed by atoms with Crippen LogP contribution in [0.3, 0.4) is 0 Å². The normalized spacial score (nSPS) is 21.3. The first-order chi connectivity index (χ1) is 11.2. The molecule has 1 amide bonds. The first-order valence-electron chi connectivity index (χ1n) is 8.03. The van der Waals surface area contributed by atoms with E-state index in [2.05, 4.69) is 16.3 Å². The monoisotopic (exact) mass is 333 g/mol. The Morgan fingerprint density at radius 2 is 2.22 bits per heavy atom. The molecule has 23 heavy (non-hydrogen) atoms. The molecule has 1 atom stereocenters. The van der Waals surface area contributed by atoms with Crippen molar-refractivity contribution in [3.8, 4) is 0 Å². The van der Waals surface area contributed by atoms with Gasteiger partial charge in [-0.2, -0.15) is 0 Å². The molecule has 0 spiro atoms. The van der Waals surface area contributed by atoms with Gasteiger partial charge in [-0.25, -0.2) is 0 Å². The van der Waals surface area contributed by atoms with E-state index >= 15 is 0 Å². The van der Waals surface area contributed by atoms with Crippen LogP contribution in [0.25, 0.3) is 0 Å². The maximum Gasteiger partial charge on any atom is 0.264 e. The lowest BCUT2D eigenvalue weighted by Crippen LogP contribution is -2.42. The highest BCUT2D eigenvalue weighted by atomic mass is 32.1. The highest BCUT2D eigenvalue weighted by molar-refractivity contribution is 7.14. The molecule has 4 rings (SSSR count). The second-order valence-electron chi connectivity index (χ2n) is 6.04. The lowest BCUT2D eigenvalue weighted by Gasteiger charge is -2.30. The van der Waals surface area contributed by atoms with Crippen molar-refractivity contribution < 1.29 is 13.9 Å². The smallest absolute Gasteiger partial charge is 0.264 e. The van der Waals surface area contributed by atoms with E-state index in [1.807, 2.05) is 4.90 Å². The Kier molecular flexibility index (Phi) is 3.90. The van der Waals surface area contributed by atoms with Gasteiger partial charge in [0.1, 0.15) is 0 Å². The number of hydrogen-bond donors (Lipinski definition) is 0. The Balaban J connectivity index is 1.50. The summed E-state index contributed by atoms with van der Waals surface area (Å²) in [5.41, 5.74) is 1.36. The van der Waals surface area contributed by atoms with Gasteiger partial charge in [-0.3, -0.25) is 4.79 Å². The lowest BCUT2D eigenvalue weighted by molar-refractivity contribution is -0.0347. The van der Waals surface area contributed by atoms with Gasteiger partial charge in [0.2, 0.25) is 11.8 Å². The minimum Gasteiger partial charge on any atom is -0.423 e. The van der Waals surface area contributed by atoms with Crippen LogP contribution >= 0.6 is 11.3 Å². The molecule has 1 aliphatic carbocycles. The van der Waals surface area contributed by atoms with Gasteiger partial charge in [0.05, 0.1) is 18.0 Å². The van der Waals surface area contributed by atoms with E-state index in [9.17, 15) is 4.79 Å². The highest BCUT2D eigenvalue weighted by Crippen LogP contribution is 2.31. The number of fused-ring (bicyclic) bond motifs is 1. The molecule has 7 heteroatoms. The average Bonchev–Trinajstić information content (AvgIpc) is 3.20. The van der Waals surface area contributed by atoms with Crippen molar-refractivity contribution in [3.05, 3.63) is 33.2 Å². The van der Waals surface area contributed by atoms with Crippen molar-refractivity contribution in [1.82, 2.24) is 15.1 Å². The molecule has 2 aromatic heterocycles. The van der Waals surface area contributed by atoms with Gasteiger partial charge in [0, 0.05) is 18.3 Å². The average molecular weight is 333 g/mol. The van der Waals surface area contributed by atoms with E-state index < -0.39 is 0 Å². The summed E-state index contributed by atoms with van der Waals surface area (Å²) in [6.07, 6.45) is 4.35. The number of thiophene rings is 1. The van der Waals surface area contributed by atoms with Crippen LogP contribution in [0, 0.1) is 6.92 Å². The molecule has 0 aromatic carbocycles. The number of aromatic nitrogens is 2. The molecule has 0 bridgehead atoms. The molecule has 2 aromatic rings. The van der Waals surface area contributed by atoms with Crippen molar-refractivity contribution in [1.29, 1.82) is 0 Å². The van der Waals surface area contributed by atoms with E-state index in [0.29, 0.717) is 31.5 Å². The van der Waals surface area contributed by atoms with Crippen molar-refractivity contribution in [2.24, 2.45) is 0 Å². The van der Waals surface area contributed by atoms with Gasteiger partial charge in [-0.15, -0.1) is 21.5 Å². The number of aryl methyl sites for hydroxylation is 3. The predicted octanol–water partition coefficient (Wildman–Crippen LogP) is 2.53. The quantitative estimate of drug-likeness (QED) is 0.845. The van der Waals surface area contributed by atoms with Crippen molar-refractivity contribution in [3.63, 3.8) is 0 Å². The summed E-state index contributed by atoms with van der Waals surface area (Å²) in [4.78, 5) is 16.9. The van der Waals surface area contributed by atoms with Gasteiger partial charge in [-0.05, 0) is 37.3 Å². The second-order valence-corrected chi connectivity index (χ2v) is 7.17. The van der Waals surface area contributed by atoms with Gasteiger partial charge in [0.25, 0.3) is 5.91 Å². The summed E-state index contributed by atoms with van der Waals surface area (Å²) >= 11 is 1.65. The standard InChI is InChI=1S/C16H19N3O3S/c1-10-17-18-15(22-10)12-9-19(6-7-21-12)16(20)14-8-11-4-2-3-5-13(11)23-14/h8,12H,2-7,9H2,1H3/t12-/m1/s1. The largest absolute Gasteiger partial charge is 0.423 e. The molecule has 122 valence electrons. The molecule has 2 aliphatic rings. The minimum atomic E-state index is -0.330. The Morgan fingerprint density at radius 3 is 3.00 bits per heavy atom. The summed E-state index contributed by atoms with van der Waals surface area (Å²) in [6.45, 7) is 3.30. The summed E-state index contributed by atoms with van der Waals surface area (Å²) < 4.78 is 11.1. The first-order valence-corrected chi connectivity index (χ1v) is 8.85. The van der Waals surface area contributed by atoms with E-state index in [1.54, 1.807) is 18.3 Å². The predicted molar refractivity (Wildman–Crippen MR) is 84.6 cm³/mol. The van der Waals surface area contributed by atoms with Gasteiger partial charge in [0.15, 0.2) is 6.10 Å². The van der Waals surface area contributed by atoms with Crippen LogP contribution in [0.4, 0.5) is 0 Å². The minimum absolute atomic E-state index is 0.0916. The zero-order chi connectivity index (χ0) is 15.8. The summed E-state index contributed by atoms with van der Waals surface area (Å²) in [5.74, 6) is 1.05. The maximum absolute atomic E-state index is 12.8. The zero-order valence-corrected chi connectivity index (χ0v) is 13.9. The molecule has 0 unspecified atom stereocenters. The Bertz CT molecular complexity index is 700. The molecule has 1 saturated heterocycles. The number of amides is 1. The van der Waals surface area contributed by atoms with Gasteiger partial charge >= 0.3 is 0 Å². The molecular weight excluding hydrogens is 314 g/mol. The van der Waals surface area contributed by atoms with Crippen LogP contribution in [0.2, 0.25) is 0 Å². The third kappa shape index (κ3) is 2.90. The van der Waals surface area contributed by atoms with E-state index in [0.717, 1.165) is 17.7 Å². The number of ether oxygens (including phenoxy) is 1. The van der Waals surface area contributed by atoms with E-state index in [1.165, 1.54) is 23.3 Å². The summed E-state index contributed by atoms with van der Waals surface area (Å²) in [5, 5.41) is 7.85. The topological polar surface area (TPSA) is 68.5 Å². The molecule has 6 nitrogen and oxygen atoms in total. The molecule has 0 radical (unpaired) electrons. The Hall–Kier alpha value is -1.73.